The van der Waals surface area contributed by atoms with Gasteiger partial charge in [-0.1, -0.05) is 23.7 Å². The fourth-order valence-electron chi connectivity index (χ4n) is 1.79. The van der Waals surface area contributed by atoms with Gasteiger partial charge in [-0.25, -0.2) is 13.1 Å². The number of hydrogen-bond acceptors (Lipinski definition) is 3. The number of benzene rings is 2. The van der Waals surface area contributed by atoms with Crippen molar-refractivity contribution in [1.29, 1.82) is 0 Å². The lowest BCUT2D eigenvalue weighted by atomic mass is 10.2. The first-order valence-corrected chi connectivity index (χ1v) is 8.83. The number of rotatable bonds is 5. The molecule has 0 fully saturated rings. The van der Waals surface area contributed by atoms with Gasteiger partial charge in [-0.15, -0.1) is 0 Å². The second-order valence-electron chi connectivity index (χ2n) is 4.46. The van der Waals surface area contributed by atoms with E-state index in [0.717, 1.165) is 5.56 Å². The minimum Gasteiger partial charge on any atom is -0.398 e. The minimum atomic E-state index is -3.56. The Morgan fingerprint density at radius 2 is 1.95 bits per heavy atom. The molecular weight excluding hydrogens is 376 g/mol. The van der Waals surface area contributed by atoms with Gasteiger partial charge in [0, 0.05) is 21.7 Å². The van der Waals surface area contributed by atoms with Gasteiger partial charge in [0.25, 0.3) is 0 Å². The Labute approximate surface area is 137 Å². The number of halogens is 2. The van der Waals surface area contributed by atoms with Crippen molar-refractivity contribution in [3.8, 4) is 0 Å². The molecule has 0 bridgehead atoms. The molecule has 21 heavy (non-hydrogen) atoms. The van der Waals surface area contributed by atoms with Crippen molar-refractivity contribution >= 4 is 43.2 Å². The maximum atomic E-state index is 12.1. The first kappa shape index (κ1) is 16.3. The van der Waals surface area contributed by atoms with E-state index in [1.165, 1.54) is 12.1 Å². The standard InChI is InChI=1S/C14H14BrClN2O2S/c15-13-5-4-12(9-14(13)17)21(19,20)18-7-6-10-2-1-3-11(16)8-10/h1-5,8-9,18H,6-7,17H2. The molecular formula is C14H14BrClN2O2S. The zero-order chi connectivity index (χ0) is 15.5. The van der Waals surface area contributed by atoms with Gasteiger partial charge >= 0.3 is 0 Å². The molecule has 0 aliphatic heterocycles. The molecule has 0 aliphatic carbocycles. The summed E-state index contributed by atoms with van der Waals surface area (Å²) in [6.07, 6.45) is 0.561. The SMILES string of the molecule is Nc1cc(S(=O)(=O)NCCc2cccc(Cl)c2)ccc1Br. The lowest BCUT2D eigenvalue weighted by molar-refractivity contribution is 0.581. The molecule has 0 unspecified atom stereocenters. The van der Waals surface area contributed by atoms with Gasteiger partial charge in [-0.2, -0.15) is 0 Å². The van der Waals surface area contributed by atoms with E-state index in [1.807, 2.05) is 18.2 Å². The first-order valence-electron chi connectivity index (χ1n) is 6.17. The van der Waals surface area contributed by atoms with Gasteiger partial charge in [0.15, 0.2) is 0 Å². The number of nitrogens with one attached hydrogen (secondary N) is 1. The van der Waals surface area contributed by atoms with E-state index in [-0.39, 0.29) is 4.90 Å². The Balaban J connectivity index is 2.03. The molecule has 7 heteroatoms. The van der Waals surface area contributed by atoms with E-state index in [0.29, 0.717) is 28.1 Å². The van der Waals surface area contributed by atoms with E-state index in [9.17, 15) is 8.42 Å². The molecule has 112 valence electrons. The fraction of sp³-hybridized carbons (Fsp3) is 0.143. The normalized spacial score (nSPS) is 11.5. The van der Waals surface area contributed by atoms with Crippen LogP contribution in [0, 0.1) is 0 Å². The van der Waals surface area contributed by atoms with Gasteiger partial charge in [-0.3, -0.25) is 0 Å². The Kier molecular flexibility index (Phi) is 5.27. The zero-order valence-electron chi connectivity index (χ0n) is 11.0. The Morgan fingerprint density at radius 3 is 2.62 bits per heavy atom. The Bertz CT molecular complexity index is 750. The van der Waals surface area contributed by atoms with Gasteiger partial charge in [-0.05, 0) is 58.2 Å². The van der Waals surface area contributed by atoms with Crippen molar-refractivity contribution in [1.82, 2.24) is 4.72 Å². The summed E-state index contributed by atoms with van der Waals surface area (Å²) < 4.78 is 27.5. The third-order valence-electron chi connectivity index (χ3n) is 2.87. The van der Waals surface area contributed by atoms with Crippen molar-refractivity contribution in [2.24, 2.45) is 0 Å². The van der Waals surface area contributed by atoms with Crippen molar-refractivity contribution in [3.05, 3.63) is 57.5 Å². The van der Waals surface area contributed by atoms with Crippen LogP contribution in [0.1, 0.15) is 5.56 Å². The smallest absolute Gasteiger partial charge is 0.240 e. The monoisotopic (exact) mass is 388 g/mol. The van der Waals surface area contributed by atoms with Crippen molar-refractivity contribution in [2.75, 3.05) is 12.3 Å². The van der Waals surface area contributed by atoms with Crippen LogP contribution in [0.3, 0.4) is 0 Å². The van der Waals surface area contributed by atoms with Gasteiger partial charge < -0.3 is 5.73 Å². The van der Waals surface area contributed by atoms with Crippen molar-refractivity contribution in [2.45, 2.75) is 11.3 Å². The molecule has 0 radical (unpaired) electrons. The van der Waals surface area contributed by atoms with Gasteiger partial charge in [0.1, 0.15) is 0 Å². The quantitative estimate of drug-likeness (QED) is 0.771. The Hall–Kier alpha value is -1.08. The summed E-state index contributed by atoms with van der Waals surface area (Å²) >= 11 is 9.12. The van der Waals surface area contributed by atoms with E-state index < -0.39 is 10.0 Å². The summed E-state index contributed by atoms with van der Waals surface area (Å²) in [6, 6.07) is 11.9. The maximum absolute atomic E-state index is 12.1. The van der Waals surface area contributed by atoms with E-state index >= 15 is 0 Å². The average molecular weight is 390 g/mol. The highest BCUT2D eigenvalue weighted by molar-refractivity contribution is 9.10. The molecule has 3 N–H and O–H groups in total. The van der Waals surface area contributed by atoms with Crippen LogP contribution >= 0.6 is 27.5 Å². The van der Waals surface area contributed by atoms with Crippen LogP contribution in [0.4, 0.5) is 5.69 Å². The third-order valence-corrected chi connectivity index (χ3v) is 5.29. The van der Waals surface area contributed by atoms with Crippen LogP contribution in [-0.4, -0.2) is 15.0 Å². The average Bonchev–Trinajstić information content (AvgIpc) is 2.41. The molecule has 0 amide bonds. The molecule has 2 aromatic carbocycles. The number of hydrogen-bond donors (Lipinski definition) is 2. The van der Waals surface area contributed by atoms with Crippen LogP contribution in [-0.2, 0) is 16.4 Å². The summed E-state index contributed by atoms with van der Waals surface area (Å²) in [5.41, 5.74) is 7.05. The number of sulfonamides is 1. The number of anilines is 1. The van der Waals surface area contributed by atoms with Gasteiger partial charge in [0.2, 0.25) is 10.0 Å². The second-order valence-corrected chi connectivity index (χ2v) is 7.52. The second kappa shape index (κ2) is 6.79. The highest BCUT2D eigenvalue weighted by Crippen LogP contribution is 2.22. The third kappa shape index (κ3) is 4.44. The summed E-state index contributed by atoms with van der Waals surface area (Å²) in [6.45, 7) is 0.290. The van der Waals surface area contributed by atoms with E-state index in [2.05, 4.69) is 20.7 Å². The number of nitrogen functional groups attached to an aromatic ring is 1. The lowest BCUT2D eigenvalue weighted by Crippen LogP contribution is -2.26. The fourth-order valence-corrected chi connectivity index (χ4v) is 3.32. The van der Waals surface area contributed by atoms with Crippen molar-refractivity contribution < 1.29 is 8.42 Å². The summed E-state index contributed by atoms with van der Waals surface area (Å²) in [5, 5.41) is 0.635. The molecule has 0 aromatic heterocycles. The minimum absolute atomic E-state index is 0.147. The van der Waals surface area contributed by atoms with Crippen LogP contribution in [0.2, 0.25) is 5.02 Å². The molecule has 0 heterocycles. The van der Waals surface area contributed by atoms with Crippen LogP contribution in [0.15, 0.2) is 51.8 Å². The van der Waals surface area contributed by atoms with Gasteiger partial charge in [0.05, 0.1) is 4.90 Å². The highest BCUT2D eigenvalue weighted by Gasteiger charge is 2.14. The lowest BCUT2D eigenvalue weighted by Gasteiger charge is -2.08. The molecule has 4 nitrogen and oxygen atoms in total. The predicted molar refractivity (Wildman–Crippen MR) is 88.9 cm³/mol. The summed E-state index contributed by atoms with van der Waals surface area (Å²) in [5.74, 6) is 0. The first-order chi connectivity index (χ1) is 9.88. The maximum Gasteiger partial charge on any atom is 0.240 e. The molecule has 0 aliphatic rings. The topological polar surface area (TPSA) is 72.2 Å². The molecule has 0 atom stereocenters. The van der Waals surface area contributed by atoms with Crippen LogP contribution < -0.4 is 10.5 Å². The summed E-state index contributed by atoms with van der Waals surface area (Å²) in [7, 11) is -3.56. The Morgan fingerprint density at radius 1 is 1.19 bits per heavy atom. The largest absolute Gasteiger partial charge is 0.398 e. The molecule has 0 saturated carbocycles. The van der Waals surface area contributed by atoms with Crippen LogP contribution in [0.25, 0.3) is 0 Å². The van der Waals surface area contributed by atoms with E-state index in [4.69, 9.17) is 17.3 Å². The van der Waals surface area contributed by atoms with Crippen molar-refractivity contribution in [3.63, 3.8) is 0 Å². The molecule has 0 saturated heterocycles. The van der Waals surface area contributed by atoms with E-state index in [1.54, 1.807) is 12.1 Å². The summed E-state index contributed by atoms with van der Waals surface area (Å²) in [4.78, 5) is 0.147. The number of nitrogens with two attached hydrogens (primary N) is 1. The molecule has 2 aromatic rings. The molecule has 2 rings (SSSR count). The van der Waals surface area contributed by atoms with Crippen LogP contribution in [0.5, 0.6) is 0 Å². The highest BCUT2D eigenvalue weighted by atomic mass is 79.9. The molecule has 0 spiro atoms. The predicted octanol–water partition coefficient (Wildman–Crippen LogP) is 3.21. The zero-order valence-corrected chi connectivity index (χ0v) is 14.2.